The van der Waals surface area contributed by atoms with Gasteiger partial charge in [0.1, 0.15) is 6.33 Å². The summed E-state index contributed by atoms with van der Waals surface area (Å²) in [5.41, 5.74) is 0.853. The number of hydrogen-bond acceptors (Lipinski definition) is 4. The van der Waals surface area contributed by atoms with Gasteiger partial charge in [0.25, 0.3) is 0 Å². The maximum atomic E-state index is 5.62. The molecule has 0 bridgehead atoms. The van der Waals surface area contributed by atoms with Crippen LogP contribution in [0.15, 0.2) is 18.7 Å². The zero-order chi connectivity index (χ0) is 10.0. The first-order valence-corrected chi connectivity index (χ1v) is 4.84. The fraction of sp³-hybridized carbons (Fsp3) is 0.600. The van der Waals surface area contributed by atoms with E-state index in [1.54, 1.807) is 12.4 Å². The van der Waals surface area contributed by atoms with E-state index < -0.39 is 0 Å². The standard InChI is InChI=1S/C10H15N3O/c1-10(2)9(3-4-14-10)13-8-5-11-7-12-6-8/h5-7,9,13H,3-4H2,1-2H3. The van der Waals surface area contributed by atoms with Crippen LogP contribution in [-0.4, -0.2) is 28.2 Å². The van der Waals surface area contributed by atoms with E-state index in [-0.39, 0.29) is 5.60 Å². The number of nitrogens with zero attached hydrogens (tertiary/aromatic N) is 2. The molecule has 1 aliphatic rings. The van der Waals surface area contributed by atoms with Gasteiger partial charge in [0.15, 0.2) is 0 Å². The van der Waals surface area contributed by atoms with Crippen molar-refractivity contribution in [2.45, 2.75) is 31.9 Å². The summed E-state index contributed by atoms with van der Waals surface area (Å²) in [4.78, 5) is 7.92. The van der Waals surface area contributed by atoms with Gasteiger partial charge >= 0.3 is 0 Å². The van der Waals surface area contributed by atoms with Gasteiger partial charge in [0.05, 0.1) is 29.7 Å². The Labute approximate surface area is 83.7 Å². The van der Waals surface area contributed by atoms with Gasteiger partial charge in [-0.05, 0) is 20.3 Å². The molecule has 1 aliphatic heterocycles. The summed E-state index contributed by atoms with van der Waals surface area (Å²) in [6.07, 6.45) is 6.12. The van der Waals surface area contributed by atoms with Crippen molar-refractivity contribution >= 4 is 5.69 Å². The molecular weight excluding hydrogens is 178 g/mol. The summed E-state index contributed by atoms with van der Waals surface area (Å²) in [6.45, 7) is 5.02. The molecule has 1 N–H and O–H groups in total. The lowest BCUT2D eigenvalue weighted by molar-refractivity contribution is 0.0315. The van der Waals surface area contributed by atoms with Crippen molar-refractivity contribution in [2.75, 3.05) is 11.9 Å². The van der Waals surface area contributed by atoms with Crippen LogP contribution in [0.3, 0.4) is 0 Å². The Morgan fingerprint density at radius 3 is 2.71 bits per heavy atom. The van der Waals surface area contributed by atoms with Gasteiger partial charge in [-0.25, -0.2) is 9.97 Å². The van der Waals surface area contributed by atoms with Crippen LogP contribution in [0.4, 0.5) is 5.69 Å². The molecule has 1 fully saturated rings. The molecule has 0 aromatic carbocycles. The zero-order valence-electron chi connectivity index (χ0n) is 8.53. The molecule has 2 heterocycles. The minimum atomic E-state index is -0.101. The molecule has 0 saturated carbocycles. The SMILES string of the molecule is CC1(C)OCCC1Nc1cncnc1. The minimum absolute atomic E-state index is 0.101. The van der Waals surface area contributed by atoms with Crippen LogP contribution in [0.1, 0.15) is 20.3 Å². The number of ether oxygens (including phenoxy) is 1. The van der Waals surface area contributed by atoms with Gasteiger partial charge in [-0.2, -0.15) is 0 Å². The second-order valence-corrected chi connectivity index (χ2v) is 4.06. The normalized spacial score (nSPS) is 24.9. The largest absolute Gasteiger partial charge is 0.377 e. The molecule has 0 amide bonds. The van der Waals surface area contributed by atoms with Crippen molar-refractivity contribution in [1.82, 2.24) is 9.97 Å². The highest BCUT2D eigenvalue weighted by Crippen LogP contribution is 2.27. The van der Waals surface area contributed by atoms with Crippen LogP contribution in [0.25, 0.3) is 0 Å². The lowest BCUT2D eigenvalue weighted by Crippen LogP contribution is -2.38. The van der Waals surface area contributed by atoms with Gasteiger partial charge in [-0.1, -0.05) is 0 Å². The van der Waals surface area contributed by atoms with Crippen LogP contribution < -0.4 is 5.32 Å². The molecule has 4 heteroatoms. The quantitative estimate of drug-likeness (QED) is 0.772. The summed E-state index contributed by atoms with van der Waals surface area (Å²) in [5, 5.41) is 3.38. The van der Waals surface area contributed by atoms with E-state index in [4.69, 9.17) is 4.74 Å². The summed E-state index contributed by atoms with van der Waals surface area (Å²) in [7, 11) is 0. The van der Waals surface area contributed by atoms with E-state index >= 15 is 0 Å². The highest BCUT2D eigenvalue weighted by molar-refractivity contribution is 5.39. The molecule has 1 aromatic rings. The van der Waals surface area contributed by atoms with Crippen molar-refractivity contribution < 1.29 is 4.74 Å². The Morgan fingerprint density at radius 2 is 2.14 bits per heavy atom. The van der Waals surface area contributed by atoms with Crippen molar-refractivity contribution in [3.05, 3.63) is 18.7 Å². The molecular formula is C10H15N3O. The number of hydrogen-bond donors (Lipinski definition) is 1. The molecule has 0 aliphatic carbocycles. The van der Waals surface area contributed by atoms with Gasteiger partial charge in [-0.3, -0.25) is 0 Å². The van der Waals surface area contributed by atoms with E-state index in [2.05, 4.69) is 29.1 Å². The maximum absolute atomic E-state index is 5.62. The average Bonchev–Trinajstić information content (AvgIpc) is 2.48. The predicted octanol–water partition coefficient (Wildman–Crippen LogP) is 1.46. The third kappa shape index (κ3) is 1.85. The summed E-state index contributed by atoms with van der Waals surface area (Å²) >= 11 is 0. The molecule has 76 valence electrons. The molecule has 0 spiro atoms. The molecule has 4 nitrogen and oxygen atoms in total. The number of nitrogens with one attached hydrogen (secondary N) is 1. The van der Waals surface area contributed by atoms with E-state index in [0.29, 0.717) is 6.04 Å². The Morgan fingerprint density at radius 1 is 1.43 bits per heavy atom. The van der Waals surface area contributed by atoms with Gasteiger partial charge in [0.2, 0.25) is 0 Å². The Kier molecular flexibility index (Phi) is 2.37. The second kappa shape index (κ2) is 3.53. The molecule has 1 atom stereocenters. The van der Waals surface area contributed by atoms with Crippen molar-refractivity contribution in [3.8, 4) is 0 Å². The molecule has 1 saturated heterocycles. The first-order valence-electron chi connectivity index (χ1n) is 4.84. The Hall–Kier alpha value is -1.16. The maximum Gasteiger partial charge on any atom is 0.115 e. The molecule has 1 aromatic heterocycles. The first-order chi connectivity index (χ1) is 6.68. The monoisotopic (exact) mass is 193 g/mol. The number of aromatic nitrogens is 2. The highest BCUT2D eigenvalue weighted by Gasteiger charge is 2.35. The second-order valence-electron chi connectivity index (χ2n) is 4.06. The van der Waals surface area contributed by atoms with E-state index in [0.717, 1.165) is 18.7 Å². The Balaban J connectivity index is 2.05. The Bertz CT molecular complexity index is 299. The highest BCUT2D eigenvalue weighted by atomic mass is 16.5. The molecule has 0 radical (unpaired) electrons. The molecule has 2 rings (SSSR count). The van der Waals surface area contributed by atoms with Crippen LogP contribution in [-0.2, 0) is 4.74 Å². The van der Waals surface area contributed by atoms with E-state index in [1.165, 1.54) is 6.33 Å². The third-order valence-corrected chi connectivity index (χ3v) is 2.62. The van der Waals surface area contributed by atoms with Crippen LogP contribution in [0.2, 0.25) is 0 Å². The summed E-state index contributed by atoms with van der Waals surface area (Å²) in [5.74, 6) is 0. The number of anilines is 1. The summed E-state index contributed by atoms with van der Waals surface area (Å²) in [6, 6.07) is 0.341. The first kappa shape index (κ1) is 9.40. The lowest BCUT2D eigenvalue weighted by Gasteiger charge is -2.27. The smallest absolute Gasteiger partial charge is 0.115 e. The fourth-order valence-corrected chi connectivity index (χ4v) is 1.71. The predicted molar refractivity (Wildman–Crippen MR) is 54.1 cm³/mol. The third-order valence-electron chi connectivity index (χ3n) is 2.62. The lowest BCUT2D eigenvalue weighted by atomic mass is 9.99. The van der Waals surface area contributed by atoms with Crippen LogP contribution >= 0.6 is 0 Å². The fourth-order valence-electron chi connectivity index (χ4n) is 1.71. The minimum Gasteiger partial charge on any atom is -0.377 e. The van der Waals surface area contributed by atoms with Gasteiger partial charge in [-0.15, -0.1) is 0 Å². The average molecular weight is 193 g/mol. The van der Waals surface area contributed by atoms with Crippen LogP contribution in [0, 0.1) is 0 Å². The van der Waals surface area contributed by atoms with Gasteiger partial charge < -0.3 is 10.1 Å². The van der Waals surface area contributed by atoms with Crippen LogP contribution in [0.5, 0.6) is 0 Å². The molecule has 1 unspecified atom stereocenters. The van der Waals surface area contributed by atoms with Crippen molar-refractivity contribution in [3.63, 3.8) is 0 Å². The van der Waals surface area contributed by atoms with Gasteiger partial charge in [0, 0.05) is 6.61 Å². The topological polar surface area (TPSA) is 47.0 Å². The molecule has 14 heavy (non-hydrogen) atoms. The van der Waals surface area contributed by atoms with E-state index in [1.807, 2.05) is 0 Å². The van der Waals surface area contributed by atoms with Crippen molar-refractivity contribution in [2.24, 2.45) is 0 Å². The zero-order valence-corrected chi connectivity index (χ0v) is 8.53. The van der Waals surface area contributed by atoms with Crippen molar-refractivity contribution in [1.29, 1.82) is 0 Å². The number of rotatable bonds is 2. The summed E-state index contributed by atoms with van der Waals surface area (Å²) < 4.78 is 5.62. The van der Waals surface area contributed by atoms with E-state index in [9.17, 15) is 0 Å².